The number of rotatable bonds is 5. The lowest BCUT2D eigenvalue weighted by Crippen LogP contribution is -2.48. The summed E-state index contributed by atoms with van der Waals surface area (Å²) < 4.78 is 1.72. The van der Waals surface area contributed by atoms with Crippen LogP contribution in [0.4, 0.5) is 0 Å². The van der Waals surface area contributed by atoms with Crippen LogP contribution in [0.2, 0.25) is 0 Å². The first-order valence-corrected chi connectivity index (χ1v) is 5.58. The van der Waals surface area contributed by atoms with E-state index in [2.05, 4.69) is 5.10 Å². The predicted molar refractivity (Wildman–Crippen MR) is 64.3 cm³/mol. The summed E-state index contributed by atoms with van der Waals surface area (Å²) in [6.07, 6.45) is 4.92. The highest BCUT2D eigenvalue weighted by Crippen LogP contribution is 2.19. The second-order valence-corrected chi connectivity index (χ2v) is 4.64. The molecule has 90 valence electrons. The second kappa shape index (κ2) is 4.78. The Labute approximate surface area is 97.2 Å². The first kappa shape index (κ1) is 12.9. The number of Topliss-reactive ketones (excluding diaryl/α,β-unsaturated/α-hetero) is 1. The zero-order valence-electron chi connectivity index (χ0n) is 10.8. The number of carbonyl (C=O) groups excluding carboxylic acids is 1. The third-order valence-corrected chi connectivity index (χ3v) is 3.40. The molecular weight excluding hydrogens is 202 g/mol. The van der Waals surface area contributed by atoms with E-state index < -0.39 is 0 Å². The molecule has 4 heteroatoms. The lowest BCUT2D eigenvalue weighted by molar-refractivity contribution is -0.128. The lowest BCUT2D eigenvalue weighted by atomic mass is 9.88. The molecule has 0 aliphatic carbocycles. The summed E-state index contributed by atoms with van der Waals surface area (Å²) in [6.45, 7) is 4.03. The van der Waals surface area contributed by atoms with E-state index in [1.54, 1.807) is 10.9 Å². The van der Waals surface area contributed by atoms with Crippen LogP contribution in [0.5, 0.6) is 0 Å². The Bertz CT molecular complexity index is 370. The van der Waals surface area contributed by atoms with E-state index in [0.717, 1.165) is 12.0 Å². The monoisotopic (exact) mass is 223 g/mol. The highest BCUT2D eigenvalue weighted by molar-refractivity contribution is 5.89. The average molecular weight is 223 g/mol. The third kappa shape index (κ3) is 2.50. The summed E-state index contributed by atoms with van der Waals surface area (Å²) in [4.78, 5) is 14.2. The normalized spacial score (nSPS) is 15.1. The molecule has 1 aromatic heterocycles. The van der Waals surface area contributed by atoms with Gasteiger partial charge < -0.3 is 0 Å². The molecule has 0 aliphatic heterocycles. The Morgan fingerprint density at radius 2 is 2.19 bits per heavy atom. The van der Waals surface area contributed by atoms with Gasteiger partial charge in [-0.1, -0.05) is 6.92 Å². The fourth-order valence-corrected chi connectivity index (χ4v) is 1.70. The van der Waals surface area contributed by atoms with Crippen molar-refractivity contribution < 1.29 is 4.79 Å². The maximum absolute atomic E-state index is 12.2. The van der Waals surface area contributed by atoms with Gasteiger partial charge in [-0.3, -0.25) is 14.4 Å². The molecule has 0 aliphatic rings. The van der Waals surface area contributed by atoms with Crippen LogP contribution in [0.3, 0.4) is 0 Å². The minimum atomic E-state index is -0.379. The van der Waals surface area contributed by atoms with Gasteiger partial charge in [-0.15, -0.1) is 0 Å². The van der Waals surface area contributed by atoms with Crippen LogP contribution in [0.15, 0.2) is 12.4 Å². The Morgan fingerprint density at radius 3 is 2.56 bits per heavy atom. The van der Waals surface area contributed by atoms with Gasteiger partial charge in [0, 0.05) is 19.7 Å². The van der Waals surface area contributed by atoms with Crippen molar-refractivity contribution in [2.75, 3.05) is 14.1 Å². The number of ketones is 1. The molecule has 1 aromatic rings. The van der Waals surface area contributed by atoms with Crippen LogP contribution >= 0.6 is 0 Å². The summed E-state index contributed by atoms with van der Waals surface area (Å²) >= 11 is 0. The van der Waals surface area contributed by atoms with Gasteiger partial charge in [0.2, 0.25) is 0 Å². The third-order valence-electron chi connectivity index (χ3n) is 3.40. The van der Waals surface area contributed by atoms with E-state index in [4.69, 9.17) is 0 Å². The zero-order valence-corrected chi connectivity index (χ0v) is 10.8. The van der Waals surface area contributed by atoms with Crippen molar-refractivity contribution in [1.82, 2.24) is 14.7 Å². The van der Waals surface area contributed by atoms with E-state index in [9.17, 15) is 4.79 Å². The number of likely N-dealkylation sites (N-methyl/N-ethyl adjacent to an activating group) is 1. The van der Waals surface area contributed by atoms with Gasteiger partial charge in [0.25, 0.3) is 0 Å². The summed E-state index contributed by atoms with van der Waals surface area (Å²) in [5.74, 6) is 0.244. The Hall–Kier alpha value is -1.16. The van der Waals surface area contributed by atoms with Crippen molar-refractivity contribution >= 4 is 5.78 Å². The zero-order chi connectivity index (χ0) is 12.3. The van der Waals surface area contributed by atoms with Crippen molar-refractivity contribution in [3.8, 4) is 0 Å². The van der Waals surface area contributed by atoms with Gasteiger partial charge in [0.15, 0.2) is 5.78 Å². The van der Waals surface area contributed by atoms with E-state index in [1.807, 2.05) is 46.1 Å². The second-order valence-electron chi connectivity index (χ2n) is 4.64. The van der Waals surface area contributed by atoms with Crippen molar-refractivity contribution in [3.63, 3.8) is 0 Å². The summed E-state index contributed by atoms with van der Waals surface area (Å²) in [5, 5.41) is 4.07. The fraction of sp³-hybridized carbons (Fsp3) is 0.667. The molecule has 0 amide bonds. The summed E-state index contributed by atoms with van der Waals surface area (Å²) in [6, 6.07) is 0. The maximum atomic E-state index is 12.2. The maximum Gasteiger partial charge on any atom is 0.157 e. The first-order chi connectivity index (χ1) is 7.40. The molecule has 0 saturated carbocycles. The Balaban J connectivity index is 2.78. The standard InChI is InChI=1S/C12H21N3O/c1-6-12(2,14(3)4)11(16)7-10-8-13-15(5)9-10/h8-9H,6-7H2,1-5H3. The van der Waals surface area contributed by atoms with Crippen molar-refractivity contribution in [2.45, 2.75) is 32.2 Å². The summed E-state index contributed by atoms with van der Waals surface area (Å²) in [7, 11) is 5.76. The first-order valence-electron chi connectivity index (χ1n) is 5.58. The number of hydrogen-bond acceptors (Lipinski definition) is 3. The van der Waals surface area contributed by atoms with Crippen molar-refractivity contribution in [1.29, 1.82) is 0 Å². The molecule has 0 fully saturated rings. The molecule has 1 rings (SSSR count). The van der Waals surface area contributed by atoms with Crippen molar-refractivity contribution in [3.05, 3.63) is 18.0 Å². The molecule has 1 heterocycles. The molecule has 0 aromatic carbocycles. The molecule has 0 saturated heterocycles. The summed E-state index contributed by atoms with van der Waals surface area (Å²) in [5.41, 5.74) is 0.601. The van der Waals surface area contributed by atoms with Crippen LogP contribution in [0.25, 0.3) is 0 Å². The minimum Gasteiger partial charge on any atom is -0.297 e. The number of aryl methyl sites for hydroxylation is 1. The number of nitrogens with zero attached hydrogens (tertiary/aromatic N) is 3. The van der Waals surface area contributed by atoms with E-state index in [0.29, 0.717) is 6.42 Å². The van der Waals surface area contributed by atoms with Crippen LogP contribution in [0, 0.1) is 0 Å². The minimum absolute atomic E-state index is 0.244. The molecule has 1 atom stereocenters. The van der Waals surface area contributed by atoms with Crippen LogP contribution < -0.4 is 0 Å². The molecule has 16 heavy (non-hydrogen) atoms. The average Bonchev–Trinajstić information content (AvgIpc) is 2.62. The highest BCUT2D eigenvalue weighted by atomic mass is 16.1. The van der Waals surface area contributed by atoms with Gasteiger partial charge in [0.05, 0.1) is 11.7 Å². The molecule has 0 bridgehead atoms. The molecule has 1 unspecified atom stereocenters. The van der Waals surface area contributed by atoms with E-state index >= 15 is 0 Å². The smallest absolute Gasteiger partial charge is 0.157 e. The van der Waals surface area contributed by atoms with Gasteiger partial charge in [-0.25, -0.2) is 0 Å². The largest absolute Gasteiger partial charge is 0.297 e. The van der Waals surface area contributed by atoms with E-state index in [-0.39, 0.29) is 11.3 Å². The fourth-order valence-electron chi connectivity index (χ4n) is 1.70. The van der Waals surface area contributed by atoms with Gasteiger partial charge in [-0.2, -0.15) is 5.10 Å². The highest BCUT2D eigenvalue weighted by Gasteiger charge is 2.33. The molecule has 0 radical (unpaired) electrons. The topological polar surface area (TPSA) is 38.1 Å². The number of hydrogen-bond donors (Lipinski definition) is 0. The van der Waals surface area contributed by atoms with Crippen molar-refractivity contribution in [2.24, 2.45) is 7.05 Å². The van der Waals surface area contributed by atoms with E-state index in [1.165, 1.54) is 0 Å². The van der Waals surface area contributed by atoms with Crippen LogP contribution in [-0.4, -0.2) is 40.1 Å². The van der Waals surface area contributed by atoms with Gasteiger partial charge in [0.1, 0.15) is 0 Å². The Kier molecular flexibility index (Phi) is 3.86. The molecule has 0 N–H and O–H groups in total. The number of carbonyl (C=O) groups is 1. The van der Waals surface area contributed by atoms with Gasteiger partial charge >= 0.3 is 0 Å². The predicted octanol–water partition coefficient (Wildman–Crippen LogP) is 1.26. The SMILES string of the molecule is CCC(C)(C(=O)Cc1cnn(C)c1)N(C)C. The quantitative estimate of drug-likeness (QED) is 0.754. The van der Waals surface area contributed by atoms with Crippen LogP contribution in [-0.2, 0) is 18.3 Å². The number of aromatic nitrogens is 2. The molecule has 4 nitrogen and oxygen atoms in total. The molecular formula is C12H21N3O. The lowest BCUT2D eigenvalue weighted by Gasteiger charge is -2.33. The Morgan fingerprint density at radius 1 is 1.56 bits per heavy atom. The van der Waals surface area contributed by atoms with Crippen LogP contribution in [0.1, 0.15) is 25.8 Å². The van der Waals surface area contributed by atoms with Gasteiger partial charge in [-0.05, 0) is 33.0 Å². The molecule has 0 spiro atoms.